The van der Waals surface area contributed by atoms with Crippen LogP contribution >= 0.6 is 11.3 Å². The number of fused-ring (bicyclic) bond motifs is 1. The van der Waals surface area contributed by atoms with Crippen LogP contribution in [0.5, 0.6) is 0 Å². The normalized spacial score (nSPS) is 10.7. The maximum Gasteiger partial charge on any atom is 0.124 e. The fourth-order valence-electron chi connectivity index (χ4n) is 1.30. The molecule has 0 radical (unpaired) electrons. The van der Waals surface area contributed by atoms with Crippen LogP contribution in [0.25, 0.3) is 10.2 Å². The van der Waals surface area contributed by atoms with Crippen molar-refractivity contribution in [1.29, 1.82) is 0 Å². The maximum absolute atomic E-state index is 12.9. The number of hydrogen-bond donors (Lipinski definition) is 1. The first-order valence-corrected chi connectivity index (χ1v) is 5.48. The van der Waals surface area contributed by atoms with Crippen molar-refractivity contribution in [2.45, 2.75) is 6.54 Å². The van der Waals surface area contributed by atoms with Crippen molar-refractivity contribution >= 4 is 21.6 Å². The topological polar surface area (TPSA) is 24.9 Å². The van der Waals surface area contributed by atoms with E-state index in [0.717, 1.165) is 21.8 Å². The van der Waals surface area contributed by atoms with Crippen LogP contribution in [0.1, 0.15) is 5.01 Å². The van der Waals surface area contributed by atoms with Crippen LogP contribution in [-0.2, 0) is 6.54 Å². The summed E-state index contributed by atoms with van der Waals surface area (Å²) in [6, 6.07) is 4.66. The molecule has 0 saturated heterocycles. The molecule has 0 aliphatic rings. The third kappa shape index (κ3) is 2.40. The van der Waals surface area contributed by atoms with Gasteiger partial charge in [-0.15, -0.1) is 17.9 Å². The number of benzene rings is 1. The van der Waals surface area contributed by atoms with E-state index in [1.807, 2.05) is 0 Å². The second-order valence-electron chi connectivity index (χ2n) is 3.14. The minimum atomic E-state index is -0.211. The minimum Gasteiger partial charge on any atom is -0.307 e. The van der Waals surface area contributed by atoms with E-state index in [1.54, 1.807) is 12.1 Å². The summed E-state index contributed by atoms with van der Waals surface area (Å²) < 4.78 is 13.8. The monoisotopic (exact) mass is 222 g/mol. The molecule has 2 rings (SSSR count). The molecule has 0 fully saturated rings. The summed E-state index contributed by atoms with van der Waals surface area (Å²) in [5, 5.41) is 4.13. The molecule has 0 atom stereocenters. The van der Waals surface area contributed by atoms with Crippen LogP contribution in [-0.4, -0.2) is 11.5 Å². The second-order valence-corrected chi connectivity index (χ2v) is 4.25. The van der Waals surface area contributed by atoms with Crippen LogP contribution in [0.4, 0.5) is 4.39 Å². The van der Waals surface area contributed by atoms with Gasteiger partial charge in [-0.3, -0.25) is 0 Å². The van der Waals surface area contributed by atoms with E-state index in [4.69, 9.17) is 0 Å². The van der Waals surface area contributed by atoms with Crippen LogP contribution in [0.3, 0.4) is 0 Å². The van der Waals surface area contributed by atoms with Crippen molar-refractivity contribution < 1.29 is 4.39 Å². The SMILES string of the molecule is C=CCNCc1nc2ccc(F)cc2s1. The van der Waals surface area contributed by atoms with E-state index in [9.17, 15) is 4.39 Å². The molecule has 0 aliphatic heterocycles. The first-order chi connectivity index (χ1) is 7.29. The molecule has 1 aromatic carbocycles. The van der Waals surface area contributed by atoms with Crippen molar-refractivity contribution in [3.8, 4) is 0 Å². The van der Waals surface area contributed by atoms with E-state index in [2.05, 4.69) is 16.9 Å². The molecule has 0 spiro atoms. The molecule has 78 valence electrons. The largest absolute Gasteiger partial charge is 0.307 e. The summed E-state index contributed by atoms with van der Waals surface area (Å²) in [6.45, 7) is 5.07. The second kappa shape index (κ2) is 4.51. The molecule has 0 saturated carbocycles. The molecular formula is C11H11FN2S. The summed E-state index contributed by atoms with van der Waals surface area (Å²) in [6.07, 6.45) is 1.80. The van der Waals surface area contributed by atoms with Crippen molar-refractivity contribution in [2.75, 3.05) is 6.54 Å². The lowest BCUT2D eigenvalue weighted by Gasteiger charge is -1.94. The third-order valence-electron chi connectivity index (χ3n) is 1.96. The van der Waals surface area contributed by atoms with E-state index in [1.165, 1.54) is 23.5 Å². The predicted octanol–water partition coefficient (Wildman–Crippen LogP) is 2.71. The van der Waals surface area contributed by atoms with E-state index < -0.39 is 0 Å². The van der Waals surface area contributed by atoms with Gasteiger partial charge in [0.15, 0.2) is 0 Å². The summed E-state index contributed by atoms with van der Waals surface area (Å²) in [7, 11) is 0. The van der Waals surface area contributed by atoms with Gasteiger partial charge in [0.05, 0.1) is 10.2 Å². The quantitative estimate of drug-likeness (QED) is 0.635. The van der Waals surface area contributed by atoms with Crippen molar-refractivity contribution in [1.82, 2.24) is 10.3 Å². The predicted molar refractivity (Wildman–Crippen MR) is 61.5 cm³/mol. The van der Waals surface area contributed by atoms with Gasteiger partial charge in [0.1, 0.15) is 10.8 Å². The highest BCUT2D eigenvalue weighted by Gasteiger charge is 2.03. The van der Waals surface area contributed by atoms with Crippen molar-refractivity contribution in [2.24, 2.45) is 0 Å². The van der Waals surface area contributed by atoms with Gasteiger partial charge in [0.2, 0.25) is 0 Å². The van der Waals surface area contributed by atoms with Gasteiger partial charge in [-0.25, -0.2) is 9.37 Å². The lowest BCUT2D eigenvalue weighted by Crippen LogP contribution is -2.11. The molecule has 4 heteroatoms. The Morgan fingerprint density at radius 2 is 2.40 bits per heavy atom. The molecule has 0 aliphatic carbocycles. The maximum atomic E-state index is 12.9. The van der Waals surface area contributed by atoms with Gasteiger partial charge in [-0.1, -0.05) is 6.08 Å². The van der Waals surface area contributed by atoms with Gasteiger partial charge in [-0.2, -0.15) is 0 Å². The summed E-state index contributed by atoms with van der Waals surface area (Å²) in [4.78, 5) is 4.38. The Hall–Kier alpha value is -1.26. The molecule has 1 aromatic heterocycles. The van der Waals surface area contributed by atoms with E-state index in [-0.39, 0.29) is 5.82 Å². The molecule has 2 nitrogen and oxygen atoms in total. The Morgan fingerprint density at radius 3 is 3.20 bits per heavy atom. The number of rotatable bonds is 4. The highest BCUT2D eigenvalue weighted by Crippen LogP contribution is 2.22. The molecule has 2 aromatic rings. The Balaban J connectivity index is 2.19. The van der Waals surface area contributed by atoms with Crippen LogP contribution in [0, 0.1) is 5.82 Å². The summed E-state index contributed by atoms with van der Waals surface area (Å²) in [5.74, 6) is -0.211. The summed E-state index contributed by atoms with van der Waals surface area (Å²) >= 11 is 1.51. The fourth-order valence-corrected chi connectivity index (χ4v) is 2.26. The average molecular weight is 222 g/mol. The summed E-state index contributed by atoms with van der Waals surface area (Å²) in [5.41, 5.74) is 0.858. The standard InChI is InChI=1S/C11H11FN2S/c1-2-5-13-7-11-14-9-4-3-8(12)6-10(9)15-11/h2-4,6,13H,1,5,7H2. The van der Waals surface area contributed by atoms with Gasteiger partial charge in [-0.05, 0) is 18.2 Å². The molecule has 1 N–H and O–H groups in total. The van der Waals surface area contributed by atoms with Gasteiger partial charge in [0, 0.05) is 13.1 Å². The van der Waals surface area contributed by atoms with Crippen LogP contribution in [0.2, 0.25) is 0 Å². The average Bonchev–Trinajstić information content (AvgIpc) is 2.60. The van der Waals surface area contributed by atoms with Crippen LogP contribution < -0.4 is 5.32 Å². The third-order valence-corrected chi connectivity index (χ3v) is 2.98. The molecule has 0 bridgehead atoms. The number of hydrogen-bond acceptors (Lipinski definition) is 3. The van der Waals surface area contributed by atoms with Crippen LogP contribution in [0.15, 0.2) is 30.9 Å². The molecule has 15 heavy (non-hydrogen) atoms. The number of halogens is 1. The van der Waals surface area contributed by atoms with Crippen molar-refractivity contribution in [3.63, 3.8) is 0 Å². The number of nitrogens with zero attached hydrogens (tertiary/aromatic N) is 1. The molecule has 0 amide bonds. The zero-order valence-corrected chi connectivity index (χ0v) is 8.98. The first kappa shape index (κ1) is 10.3. The Labute approximate surface area is 91.5 Å². The Bertz CT molecular complexity index is 478. The molecule has 0 unspecified atom stereocenters. The lowest BCUT2D eigenvalue weighted by atomic mass is 10.3. The lowest BCUT2D eigenvalue weighted by molar-refractivity contribution is 0.630. The smallest absolute Gasteiger partial charge is 0.124 e. The number of thiazole rings is 1. The number of aromatic nitrogens is 1. The van der Waals surface area contributed by atoms with E-state index in [0.29, 0.717) is 6.54 Å². The van der Waals surface area contributed by atoms with Gasteiger partial charge < -0.3 is 5.32 Å². The van der Waals surface area contributed by atoms with Crippen molar-refractivity contribution in [3.05, 3.63) is 41.7 Å². The minimum absolute atomic E-state index is 0.211. The molecular weight excluding hydrogens is 211 g/mol. The highest BCUT2D eigenvalue weighted by atomic mass is 32.1. The fraction of sp³-hybridized carbons (Fsp3) is 0.182. The zero-order chi connectivity index (χ0) is 10.7. The number of nitrogens with one attached hydrogen (secondary N) is 1. The zero-order valence-electron chi connectivity index (χ0n) is 8.16. The van der Waals surface area contributed by atoms with Gasteiger partial charge >= 0.3 is 0 Å². The highest BCUT2D eigenvalue weighted by molar-refractivity contribution is 7.18. The van der Waals surface area contributed by atoms with Gasteiger partial charge in [0.25, 0.3) is 0 Å². The van der Waals surface area contributed by atoms with E-state index >= 15 is 0 Å². The molecule has 1 heterocycles. The first-order valence-electron chi connectivity index (χ1n) is 4.66. The Kier molecular flexibility index (Phi) is 3.08. The Morgan fingerprint density at radius 1 is 1.53 bits per heavy atom.